The molecule has 0 radical (unpaired) electrons. The molecular weight excluding hydrogens is 339 g/mol. The van der Waals surface area contributed by atoms with Crippen LogP contribution in [0, 0.1) is 5.92 Å². The van der Waals surface area contributed by atoms with Crippen molar-refractivity contribution >= 4 is 35.0 Å². The second-order valence-electron chi connectivity index (χ2n) is 5.65. The number of amides is 2. The maximum absolute atomic E-state index is 12.3. The Morgan fingerprint density at radius 3 is 2.52 bits per heavy atom. The number of aliphatic hydroxyl groups is 1. The van der Waals surface area contributed by atoms with E-state index in [2.05, 4.69) is 10.6 Å². The van der Waals surface area contributed by atoms with E-state index in [-0.39, 0.29) is 29.0 Å². The van der Waals surface area contributed by atoms with Crippen LogP contribution in [-0.2, 0) is 4.79 Å². The van der Waals surface area contributed by atoms with Gasteiger partial charge in [0.05, 0.1) is 10.6 Å². The number of carbonyl (C=O) groups is 2. The summed E-state index contributed by atoms with van der Waals surface area (Å²) in [6.07, 6.45) is 0.971. The Hall–Kier alpha value is -1.30. The van der Waals surface area contributed by atoms with Crippen LogP contribution in [-0.4, -0.2) is 36.1 Å². The first kappa shape index (κ1) is 19.7. The van der Waals surface area contributed by atoms with Crippen LogP contribution in [0.4, 0.5) is 0 Å². The summed E-state index contributed by atoms with van der Waals surface area (Å²) in [5.74, 6) is -0.468. The summed E-state index contributed by atoms with van der Waals surface area (Å²) in [5.41, 5.74) is 0.271. The van der Waals surface area contributed by atoms with Gasteiger partial charge in [0.15, 0.2) is 0 Å². The summed E-state index contributed by atoms with van der Waals surface area (Å²) in [6.45, 7) is 4.30. The molecule has 0 aliphatic heterocycles. The molecule has 2 amide bonds. The van der Waals surface area contributed by atoms with Crippen molar-refractivity contribution in [3.63, 3.8) is 0 Å². The molecule has 0 bridgehead atoms. The number of carbonyl (C=O) groups excluding carboxylic acids is 2. The Morgan fingerprint density at radius 2 is 1.96 bits per heavy atom. The van der Waals surface area contributed by atoms with Gasteiger partial charge < -0.3 is 15.7 Å². The molecule has 128 valence electrons. The number of rotatable bonds is 8. The fraction of sp³-hybridized carbons (Fsp3) is 0.500. The lowest BCUT2D eigenvalue weighted by atomic mass is 10.0. The van der Waals surface area contributed by atoms with Crippen molar-refractivity contribution in [1.29, 1.82) is 0 Å². The molecule has 7 heteroatoms. The molecule has 0 aliphatic carbocycles. The van der Waals surface area contributed by atoms with Gasteiger partial charge in [-0.1, -0.05) is 37.0 Å². The van der Waals surface area contributed by atoms with Crippen molar-refractivity contribution in [2.24, 2.45) is 5.92 Å². The van der Waals surface area contributed by atoms with E-state index in [4.69, 9.17) is 28.3 Å². The molecule has 0 fully saturated rings. The topological polar surface area (TPSA) is 78.4 Å². The SMILES string of the molecule is CC(C)C[C@H](NC(=O)c1ccc(Cl)cc1Cl)C(=O)NCCCO. The first-order valence-electron chi connectivity index (χ1n) is 7.49. The van der Waals surface area contributed by atoms with Gasteiger partial charge in [-0.05, 0) is 37.0 Å². The Bertz CT molecular complexity index is 550. The number of nitrogens with one attached hydrogen (secondary N) is 2. The standard InChI is InChI=1S/C16H22Cl2N2O3/c1-10(2)8-14(16(23)19-6-3-7-21)20-15(22)12-5-4-11(17)9-13(12)18/h4-5,9-10,14,21H,3,6-8H2,1-2H3,(H,19,23)(H,20,22)/t14-/m0/s1. The zero-order chi connectivity index (χ0) is 17.4. The second-order valence-corrected chi connectivity index (χ2v) is 6.49. The fourth-order valence-corrected chi connectivity index (χ4v) is 2.52. The highest BCUT2D eigenvalue weighted by Gasteiger charge is 2.23. The molecule has 0 saturated carbocycles. The van der Waals surface area contributed by atoms with E-state index in [1.807, 2.05) is 13.8 Å². The highest BCUT2D eigenvalue weighted by molar-refractivity contribution is 6.36. The molecule has 0 saturated heterocycles. The van der Waals surface area contributed by atoms with E-state index < -0.39 is 11.9 Å². The highest BCUT2D eigenvalue weighted by Crippen LogP contribution is 2.21. The predicted octanol–water partition coefficient (Wildman–Crippen LogP) is 2.64. The molecule has 5 nitrogen and oxygen atoms in total. The second kappa shape index (κ2) is 9.75. The van der Waals surface area contributed by atoms with E-state index in [1.165, 1.54) is 12.1 Å². The van der Waals surface area contributed by atoms with E-state index in [0.717, 1.165) is 0 Å². The van der Waals surface area contributed by atoms with Crippen molar-refractivity contribution in [1.82, 2.24) is 10.6 Å². The summed E-state index contributed by atoms with van der Waals surface area (Å²) in [6, 6.07) is 3.92. The van der Waals surface area contributed by atoms with Crippen LogP contribution in [0.5, 0.6) is 0 Å². The molecule has 3 N–H and O–H groups in total. The van der Waals surface area contributed by atoms with E-state index >= 15 is 0 Å². The van der Waals surface area contributed by atoms with Crippen molar-refractivity contribution < 1.29 is 14.7 Å². The minimum absolute atomic E-state index is 0.00185. The maximum Gasteiger partial charge on any atom is 0.253 e. The molecule has 0 aliphatic rings. The Morgan fingerprint density at radius 1 is 1.26 bits per heavy atom. The molecule has 0 unspecified atom stereocenters. The largest absolute Gasteiger partial charge is 0.396 e. The van der Waals surface area contributed by atoms with Crippen LogP contribution < -0.4 is 10.6 Å². The first-order valence-corrected chi connectivity index (χ1v) is 8.25. The molecule has 1 aromatic carbocycles. The van der Waals surface area contributed by atoms with Gasteiger partial charge in [-0.3, -0.25) is 9.59 Å². The van der Waals surface area contributed by atoms with Crippen molar-refractivity contribution in [3.8, 4) is 0 Å². The minimum atomic E-state index is -0.659. The zero-order valence-electron chi connectivity index (χ0n) is 13.2. The smallest absolute Gasteiger partial charge is 0.253 e. The van der Waals surface area contributed by atoms with Crippen molar-refractivity contribution in [3.05, 3.63) is 33.8 Å². The Labute approximate surface area is 146 Å². The lowest BCUT2D eigenvalue weighted by Crippen LogP contribution is -2.47. The quantitative estimate of drug-likeness (QED) is 0.623. The van der Waals surface area contributed by atoms with Crippen LogP contribution in [0.1, 0.15) is 37.0 Å². The van der Waals surface area contributed by atoms with E-state index in [0.29, 0.717) is 24.4 Å². The first-order chi connectivity index (χ1) is 10.8. The van der Waals surface area contributed by atoms with Crippen LogP contribution in [0.2, 0.25) is 10.0 Å². The highest BCUT2D eigenvalue weighted by atomic mass is 35.5. The normalized spacial score (nSPS) is 12.1. The van der Waals surface area contributed by atoms with Gasteiger partial charge in [-0.2, -0.15) is 0 Å². The van der Waals surface area contributed by atoms with Gasteiger partial charge in [-0.15, -0.1) is 0 Å². The molecule has 1 atom stereocenters. The summed E-state index contributed by atoms with van der Waals surface area (Å²) >= 11 is 11.8. The van der Waals surface area contributed by atoms with Gasteiger partial charge in [0.25, 0.3) is 5.91 Å². The van der Waals surface area contributed by atoms with Crippen LogP contribution >= 0.6 is 23.2 Å². The number of hydrogen-bond acceptors (Lipinski definition) is 3. The monoisotopic (exact) mass is 360 g/mol. The van der Waals surface area contributed by atoms with Gasteiger partial charge in [0.1, 0.15) is 6.04 Å². The fourth-order valence-electron chi connectivity index (χ4n) is 2.03. The molecular formula is C16H22Cl2N2O3. The van der Waals surface area contributed by atoms with E-state index in [1.54, 1.807) is 6.07 Å². The van der Waals surface area contributed by atoms with Crippen molar-refractivity contribution in [2.75, 3.05) is 13.2 Å². The molecule has 1 rings (SSSR count). The third kappa shape index (κ3) is 6.77. The zero-order valence-corrected chi connectivity index (χ0v) is 14.7. The molecule has 0 heterocycles. The summed E-state index contributed by atoms with van der Waals surface area (Å²) < 4.78 is 0. The summed E-state index contributed by atoms with van der Waals surface area (Å²) in [7, 11) is 0. The van der Waals surface area contributed by atoms with Gasteiger partial charge in [-0.25, -0.2) is 0 Å². The Balaban J connectivity index is 2.79. The summed E-state index contributed by atoms with van der Waals surface area (Å²) in [5, 5.41) is 14.8. The maximum atomic E-state index is 12.3. The molecule has 0 aromatic heterocycles. The third-order valence-electron chi connectivity index (χ3n) is 3.14. The van der Waals surface area contributed by atoms with Crippen molar-refractivity contribution in [2.45, 2.75) is 32.7 Å². The van der Waals surface area contributed by atoms with Gasteiger partial charge in [0.2, 0.25) is 5.91 Å². The number of benzene rings is 1. The minimum Gasteiger partial charge on any atom is -0.396 e. The predicted molar refractivity (Wildman–Crippen MR) is 91.9 cm³/mol. The molecule has 23 heavy (non-hydrogen) atoms. The number of halogens is 2. The molecule has 1 aromatic rings. The van der Waals surface area contributed by atoms with Crippen LogP contribution in [0.15, 0.2) is 18.2 Å². The van der Waals surface area contributed by atoms with Crippen LogP contribution in [0.3, 0.4) is 0 Å². The van der Waals surface area contributed by atoms with E-state index in [9.17, 15) is 9.59 Å². The Kier molecular flexibility index (Phi) is 8.37. The lowest BCUT2D eigenvalue weighted by Gasteiger charge is -2.20. The molecule has 0 spiro atoms. The number of aliphatic hydroxyl groups excluding tert-OH is 1. The van der Waals surface area contributed by atoms with Gasteiger partial charge in [0, 0.05) is 18.2 Å². The average molecular weight is 361 g/mol. The summed E-state index contributed by atoms with van der Waals surface area (Å²) in [4.78, 5) is 24.5. The lowest BCUT2D eigenvalue weighted by molar-refractivity contribution is -0.123. The van der Waals surface area contributed by atoms with Crippen LogP contribution in [0.25, 0.3) is 0 Å². The third-order valence-corrected chi connectivity index (χ3v) is 3.69. The average Bonchev–Trinajstić information content (AvgIpc) is 2.46. The number of hydrogen-bond donors (Lipinski definition) is 3. The van der Waals surface area contributed by atoms with Gasteiger partial charge >= 0.3 is 0 Å².